The number of hydrogen-bond acceptors (Lipinski definition) is 2. The number of esters is 1. The van der Waals surface area contributed by atoms with Gasteiger partial charge in [0.15, 0.2) is 0 Å². The number of carbonyl (C=O) groups is 1. The molecule has 2 aromatic carbocycles. The highest BCUT2D eigenvalue weighted by Crippen LogP contribution is 2.22. The summed E-state index contributed by atoms with van der Waals surface area (Å²) >= 11 is 3.44. The standard InChI is InChI=1S/C13H11BrO2/c1-16-13(15)10-6-5-9-3-2-4-11(8-14)12(9)7-10/h2-7H,8H2,1H3. The van der Waals surface area contributed by atoms with E-state index in [0.29, 0.717) is 5.56 Å². The summed E-state index contributed by atoms with van der Waals surface area (Å²) in [6.07, 6.45) is 0. The highest BCUT2D eigenvalue weighted by atomic mass is 79.9. The van der Waals surface area contributed by atoms with Crippen LogP contribution in [0.25, 0.3) is 10.8 Å². The first-order valence-corrected chi connectivity index (χ1v) is 6.04. The lowest BCUT2D eigenvalue weighted by molar-refractivity contribution is 0.0601. The van der Waals surface area contributed by atoms with Gasteiger partial charge >= 0.3 is 5.97 Å². The van der Waals surface area contributed by atoms with E-state index in [4.69, 9.17) is 4.74 Å². The van der Waals surface area contributed by atoms with Gasteiger partial charge in [-0.1, -0.05) is 40.2 Å². The molecule has 82 valence electrons. The Hall–Kier alpha value is -1.35. The molecule has 0 saturated carbocycles. The fourth-order valence-corrected chi connectivity index (χ4v) is 2.19. The van der Waals surface area contributed by atoms with Gasteiger partial charge in [0.2, 0.25) is 0 Å². The van der Waals surface area contributed by atoms with Crippen molar-refractivity contribution < 1.29 is 9.53 Å². The second-order valence-corrected chi connectivity index (χ2v) is 4.04. The zero-order valence-electron chi connectivity index (χ0n) is 8.87. The smallest absolute Gasteiger partial charge is 0.337 e. The maximum atomic E-state index is 11.4. The second-order valence-electron chi connectivity index (χ2n) is 3.48. The highest BCUT2D eigenvalue weighted by molar-refractivity contribution is 9.08. The summed E-state index contributed by atoms with van der Waals surface area (Å²) < 4.78 is 4.71. The first-order valence-electron chi connectivity index (χ1n) is 4.92. The molecule has 0 N–H and O–H groups in total. The molecular weight excluding hydrogens is 268 g/mol. The normalized spacial score (nSPS) is 10.4. The second kappa shape index (κ2) is 4.66. The third-order valence-electron chi connectivity index (χ3n) is 2.54. The Bertz CT molecular complexity index is 534. The Morgan fingerprint density at radius 3 is 2.81 bits per heavy atom. The van der Waals surface area contributed by atoms with E-state index in [2.05, 4.69) is 15.9 Å². The first-order chi connectivity index (χ1) is 7.76. The lowest BCUT2D eigenvalue weighted by Crippen LogP contribution is -2.00. The minimum absolute atomic E-state index is 0.300. The fraction of sp³-hybridized carbons (Fsp3) is 0.154. The molecule has 0 atom stereocenters. The van der Waals surface area contributed by atoms with Crippen LogP contribution in [-0.2, 0) is 10.1 Å². The first kappa shape index (κ1) is 11.1. The largest absolute Gasteiger partial charge is 0.465 e. The minimum atomic E-state index is -0.300. The lowest BCUT2D eigenvalue weighted by Gasteiger charge is -2.05. The van der Waals surface area contributed by atoms with Gasteiger partial charge < -0.3 is 4.74 Å². The van der Waals surface area contributed by atoms with E-state index >= 15 is 0 Å². The van der Waals surface area contributed by atoms with Crippen LogP contribution in [0.1, 0.15) is 15.9 Å². The quantitative estimate of drug-likeness (QED) is 0.621. The predicted octanol–water partition coefficient (Wildman–Crippen LogP) is 3.52. The van der Waals surface area contributed by atoms with Gasteiger partial charge in [-0.15, -0.1) is 0 Å². The zero-order chi connectivity index (χ0) is 11.5. The van der Waals surface area contributed by atoms with Gasteiger partial charge in [-0.05, 0) is 28.5 Å². The number of ether oxygens (including phenoxy) is 1. The van der Waals surface area contributed by atoms with Crippen LogP contribution < -0.4 is 0 Å². The topological polar surface area (TPSA) is 26.3 Å². The van der Waals surface area contributed by atoms with Crippen molar-refractivity contribution in [1.82, 2.24) is 0 Å². The number of alkyl halides is 1. The molecule has 2 aromatic rings. The molecule has 2 nitrogen and oxygen atoms in total. The Kier molecular flexibility index (Phi) is 3.25. The van der Waals surface area contributed by atoms with Crippen molar-refractivity contribution in [2.24, 2.45) is 0 Å². The maximum Gasteiger partial charge on any atom is 0.337 e. The Balaban J connectivity index is 2.63. The number of rotatable bonds is 2. The summed E-state index contributed by atoms with van der Waals surface area (Å²) in [6, 6.07) is 11.7. The molecule has 0 bridgehead atoms. The maximum absolute atomic E-state index is 11.4. The van der Waals surface area contributed by atoms with Crippen molar-refractivity contribution >= 4 is 32.7 Å². The van der Waals surface area contributed by atoms with Crippen LogP contribution in [0.3, 0.4) is 0 Å². The molecular formula is C13H11BrO2. The molecule has 0 fully saturated rings. The van der Waals surface area contributed by atoms with Crippen LogP contribution in [-0.4, -0.2) is 13.1 Å². The van der Waals surface area contributed by atoms with Crippen molar-refractivity contribution in [3.05, 3.63) is 47.5 Å². The van der Waals surface area contributed by atoms with Crippen LogP contribution >= 0.6 is 15.9 Å². The van der Waals surface area contributed by atoms with Crippen LogP contribution in [0.2, 0.25) is 0 Å². The molecule has 0 unspecified atom stereocenters. The molecule has 0 aliphatic carbocycles. The number of methoxy groups -OCH3 is 1. The Morgan fingerprint density at radius 1 is 1.31 bits per heavy atom. The van der Waals surface area contributed by atoms with Crippen molar-refractivity contribution in [3.8, 4) is 0 Å². The summed E-state index contributed by atoms with van der Waals surface area (Å²) in [7, 11) is 1.39. The SMILES string of the molecule is COC(=O)c1ccc2cccc(CBr)c2c1. The van der Waals surface area contributed by atoms with E-state index in [0.717, 1.165) is 16.1 Å². The van der Waals surface area contributed by atoms with Crippen LogP contribution in [0.4, 0.5) is 0 Å². The van der Waals surface area contributed by atoms with E-state index < -0.39 is 0 Å². The third-order valence-corrected chi connectivity index (χ3v) is 3.14. The number of fused-ring (bicyclic) bond motifs is 1. The summed E-state index contributed by atoms with van der Waals surface area (Å²) in [6.45, 7) is 0. The van der Waals surface area contributed by atoms with Crippen molar-refractivity contribution in [1.29, 1.82) is 0 Å². The highest BCUT2D eigenvalue weighted by Gasteiger charge is 2.07. The monoisotopic (exact) mass is 278 g/mol. The number of benzene rings is 2. The number of hydrogen-bond donors (Lipinski definition) is 0. The zero-order valence-corrected chi connectivity index (χ0v) is 10.5. The van der Waals surface area contributed by atoms with Crippen molar-refractivity contribution in [3.63, 3.8) is 0 Å². The molecule has 3 heteroatoms. The van der Waals surface area contributed by atoms with Gasteiger partial charge in [-0.25, -0.2) is 4.79 Å². The third kappa shape index (κ3) is 1.95. The fourth-order valence-electron chi connectivity index (χ4n) is 1.70. The molecule has 0 saturated heterocycles. The van der Waals surface area contributed by atoms with E-state index in [1.54, 1.807) is 6.07 Å². The Morgan fingerprint density at radius 2 is 2.12 bits per heavy atom. The molecule has 2 rings (SSSR count). The Labute approximate surface area is 102 Å². The van der Waals surface area contributed by atoms with Crippen molar-refractivity contribution in [2.45, 2.75) is 5.33 Å². The summed E-state index contributed by atoms with van der Waals surface area (Å²) in [5.74, 6) is -0.300. The van der Waals surface area contributed by atoms with E-state index in [1.807, 2.05) is 30.3 Å². The molecule has 0 radical (unpaired) electrons. The minimum Gasteiger partial charge on any atom is -0.465 e. The molecule has 0 heterocycles. The van der Waals surface area contributed by atoms with Crippen LogP contribution in [0.5, 0.6) is 0 Å². The molecule has 0 aliphatic heterocycles. The van der Waals surface area contributed by atoms with Gasteiger partial charge in [-0.2, -0.15) is 0 Å². The summed E-state index contributed by atoms with van der Waals surface area (Å²) in [4.78, 5) is 11.4. The van der Waals surface area contributed by atoms with Crippen LogP contribution in [0.15, 0.2) is 36.4 Å². The molecule has 16 heavy (non-hydrogen) atoms. The lowest BCUT2D eigenvalue weighted by atomic mass is 10.0. The number of halogens is 1. The predicted molar refractivity (Wildman–Crippen MR) is 67.9 cm³/mol. The molecule has 0 aliphatic rings. The van der Waals surface area contributed by atoms with E-state index in [-0.39, 0.29) is 5.97 Å². The average molecular weight is 279 g/mol. The van der Waals surface area contributed by atoms with E-state index in [9.17, 15) is 4.79 Å². The van der Waals surface area contributed by atoms with Crippen molar-refractivity contribution in [2.75, 3.05) is 7.11 Å². The summed E-state index contributed by atoms with van der Waals surface area (Å²) in [5.41, 5.74) is 1.76. The van der Waals surface area contributed by atoms with Gasteiger partial charge in [0.05, 0.1) is 12.7 Å². The molecule has 0 amide bonds. The average Bonchev–Trinajstić information content (AvgIpc) is 2.36. The van der Waals surface area contributed by atoms with Gasteiger partial charge in [-0.3, -0.25) is 0 Å². The van der Waals surface area contributed by atoms with Gasteiger partial charge in [0, 0.05) is 5.33 Å². The molecule has 0 aromatic heterocycles. The number of carbonyl (C=O) groups excluding carboxylic acids is 1. The van der Waals surface area contributed by atoms with E-state index in [1.165, 1.54) is 12.7 Å². The van der Waals surface area contributed by atoms with Gasteiger partial charge in [0.25, 0.3) is 0 Å². The molecule has 0 spiro atoms. The summed E-state index contributed by atoms with van der Waals surface area (Å²) in [5, 5.41) is 2.99. The van der Waals surface area contributed by atoms with Gasteiger partial charge in [0.1, 0.15) is 0 Å². The van der Waals surface area contributed by atoms with Crippen LogP contribution in [0, 0.1) is 0 Å².